The van der Waals surface area contributed by atoms with E-state index in [4.69, 9.17) is 17.3 Å². The van der Waals surface area contributed by atoms with Crippen molar-refractivity contribution in [1.82, 2.24) is 0 Å². The predicted molar refractivity (Wildman–Crippen MR) is 60.4 cm³/mol. The summed E-state index contributed by atoms with van der Waals surface area (Å²) in [6, 6.07) is 5.08. The molecule has 0 saturated heterocycles. The van der Waals surface area contributed by atoms with Crippen LogP contribution in [-0.2, 0) is 6.42 Å². The SMILES string of the molecule is NC1C=C(Cc2cccc(F)c2Cl)CC1. The summed E-state index contributed by atoms with van der Waals surface area (Å²) in [5.74, 6) is -0.350. The molecular formula is C12H13ClFN. The molecule has 1 aromatic rings. The number of allylic oxidation sites excluding steroid dienone is 1. The van der Waals surface area contributed by atoms with Gasteiger partial charge < -0.3 is 5.73 Å². The quantitative estimate of drug-likeness (QED) is 0.770. The Bertz CT molecular complexity index is 401. The summed E-state index contributed by atoms with van der Waals surface area (Å²) >= 11 is 5.87. The summed E-state index contributed by atoms with van der Waals surface area (Å²) in [6.07, 6.45) is 4.75. The second-order valence-electron chi connectivity index (χ2n) is 3.92. The molecule has 0 bridgehead atoms. The van der Waals surface area contributed by atoms with Crippen LogP contribution in [0, 0.1) is 5.82 Å². The standard InChI is InChI=1S/C12H13ClFN/c13-12-9(2-1-3-11(12)14)6-8-4-5-10(15)7-8/h1-3,7,10H,4-6,15H2. The van der Waals surface area contributed by atoms with Gasteiger partial charge in [-0.25, -0.2) is 4.39 Å². The van der Waals surface area contributed by atoms with E-state index < -0.39 is 0 Å². The molecule has 0 saturated carbocycles. The molecule has 0 radical (unpaired) electrons. The van der Waals surface area contributed by atoms with Crippen molar-refractivity contribution < 1.29 is 4.39 Å². The van der Waals surface area contributed by atoms with Gasteiger partial charge in [0.05, 0.1) is 5.02 Å². The molecule has 1 unspecified atom stereocenters. The highest BCUT2D eigenvalue weighted by Gasteiger charge is 2.14. The van der Waals surface area contributed by atoms with E-state index in [1.54, 1.807) is 6.07 Å². The van der Waals surface area contributed by atoms with Gasteiger partial charge in [0.1, 0.15) is 5.82 Å². The highest BCUT2D eigenvalue weighted by atomic mass is 35.5. The van der Waals surface area contributed by atoms with Gasteiger partial charge in [-0.05, 0) is 30.9 Å². The lowest BCUT2D eigenvalue weighted by molar-refractivity contribution is 0.626. The van der Waals surface area contributed by atoms with E-state index in [2.05, 4.69) is 6.08 Å². The van der Waals surface area contributed by atoms with Crippen LogP contribution in [0.2, 0.25) is 5.02 Å². The number of hydrogen-bond donors (Lipinski definition) is 1. The molecule has 1 aromatic carbocycles. The maximum Gasteiger partial charge on any atom is 0.142 e. The summed E-state index contributed by atoms with van der Waals surface area (Å²) in [5.41, 5.74) is 7.87. The van der Waals surface area contributed by atoms with Crippen LogP contribution in [-0.4, -0.2) is 6.04 Å². The van der Waals surface area contributed by atoms with E-state index in [1.807, 2.05) is 6.07 Å². The highest BCUT2D eigenvalue weighted by Crippen LogP contribution is 2.26. The molecule has 1 atom stereocenters. The van der Waals surface area contributed by atoms with Crippen molar-refractivity contribution in [2.24, 2.45) is 5.73 Å². The van der Waals surface area contributed by atoms with Crippen molar-refractivity contribution in [3.63, 3.8) is 0 Å². The molecule has 1 aliphatic rings. The van der Waals surface area contributed by atoms with Gasteiger partial charge in [-0.3, -0.25) is 0 Å². The third-order valence-electron chi connectivity index (χ3n) is 2.70. The number of halogens is 2. The molecule has 1 aliphatic carbocycles. The second kappa shape index (κ2) is 4.33. The summed E-state index contributed by atoms with van der Waals surface area (Å²) in [6.45, 7) is 0. The predicted octanol–water partition coefficient (Wildman–Crippen LogP) is 3.07. The Kier molecular flexibility index (Phi) is 3.08. The van der Waals surface area contributed by atoms with Crippen LogP contribution in [0.1, 0.15) is 18.4 Å². The fraction of sp³-hybridized carbons (Fsp3) is 0.333. The minimum Gasteiger partial charge on any atom is -0.324 e. The smallest absolute Gasteiger partial charge is 0.142 e. The van der Waals surface area contributed by atoms with E-state index in [1.165, 1.54) is 11.6 Å². The monoisotopic (exact) mass is 225 g/mol. The van der Waals surface area contributed by atoms with Gasteiger partial charge in [-0.15, -0.1) is 0 Å². The Morgan fingerprint density at radius 3 is 2.93 bits per heavy atom. The van der Waals surface area contributed by atoms with Gasteiger partial charge in [-0.2, -0.15) is 0 Å². The fourth-order valence-corrected chi connectivity index (χ4v) is 2.09. The summed E-state index contributed by atoms with van der Waals surface area (Å²) in [7, 11) is 0. The first-order chi connectivity index (χ1) is 7.16. The van der Waals surface area contributed by atoms with Gasteiger partial charge in [0, 0.05) is 6.04 Å². The molecule has 2 rings (SSSR count). The fourth-order valence-electron chi connectivity index (χ4n) is 1.90. The minimum atomic E-state index is -0.350. The highest BCUT2D eigenvalue weighted by molar-refractivity contribution is 6.31. The molecule has 0 fully saturated rings. The van der Waals surface area contributed by atoms with Gasteiger partial charge in [-0.1, -0.05) is 35.4 Å². The zero-order valence-corrected chi connectivity index (χ0v) is 9.10. The second-order valence-corrected chi connectivity index (χ2v) is 4.30. The van der Waals surface area contributed by atoms with Crippen LogP contribution in [0.4, 0.5) is 4.39 Å². The Hall–Kier alpha value is -0.860. The zero-order valence-electron chi connectivity index (χ0n) is 8.34. The normalized spacial score (nSPS) is 20.5. The van der Waals surface area contributed by atoms with Gasteiger partial charge >= 0.3 is 0 Å². The van der Waals surface area contributed by atoms with Gasteiger partial charge in [0.25, 0.3) is 0 Å². The molecule has 0 spiro atoms. The third kappa shape index (κ3) is 2.39. The van der Waals surface area contributed by atoms with Crippen molar-refractivity contribution >= 4 is 11.6 Å². The number of nitrogens with two attached hydrogens (primary N) is 1. The van der Waals surface area contributed by atoms with Crippen molar-refractivity contribution in [3.8, 4) is 0 Å². The molecular weight excluding hydrogens is 213 g/mol. The molecule has 80 valence electrons. The van der Waals surface area contributed by atoms with Crippen LogP contribution in [0.25, 0.3) is 0 Å². The van der Waals surface area contributed by atoms with Gasteiger partial charge in [0.15, 0.2) is 0 Å². The summed E-state index contributed by atoms with van der Waals surface area (Å²) < 4.78 is 13.2. The summed E-state index contributed by atoms with van der Waals surface area (Å²) in [4.78, 5) is 0. The van der Waals surface area contributed by atoms with Crippen LogP contribution in [0.15, 0.2) is 29.8 Å². The Morgan fingerprint density at radius 1 is 1.47 bits per heavy atom. The average molecular weight is 226 g/mol. The van der Waals surface area contributed by atoms with E-state index >= 15 is 0 Å². The first-order valence-corrected chi connectivity index (χ1v) is 5.42. The van der Waals surface area contributed by atoms with Gasteiger partial charge in [0.2, 0.25) is 0 Å². The van der Waals surface area contributed by atoms with Crippen molar-refractivity contribution in [2.45, 2.75) is 25.3 Å². The maximum atomic E-state index is 13.2. The van der Waals surface area contributed by atoms with E-state index in [9.17, 15) is 4.39 Å². The zero-order chi connectivity index (χ0) is 10.8. The van der Waals surface area contributed by atoms with E-state index in [0.29, 0.717) is 6.42 Å². The molecule has 0 amide bonds. The Labute approximate surface area is 93.7 Å². The van der Waals surface area contributed by atoms with Crippen molar-refractivity contribution in [3.05, 3.63) is 46.3 Å². The minimum absolute atomic E-state index is 0.160. The average Bonchev–Trinajstić information content (AvgIpc) is 2.59. The Morgan fingerprint density at radius 2 is 2.27 bits per heavy atom. The molecule has 0 aromatic heterocycles. The van der Waals surface area contributed by atoms with Crippen LogP contribution in [0.5, 0.6) is 0 Å². The lowest BCUT2D eigenvalue weighted by atomic mass is 10.0. The van der Waals surface area contributed by atoms with E-state index in [-0.39, 0.29) is 16.9 Å². The van der Waals surface area contributed by atoms with Crippen molar-refractivity contribution in [2.75, 3.05) is 0 Å². The Balaban J connectivity index is 2.18. The van der Waals surface area contributed by atoms with Crippen LogP contribution < -0.4 is 5.73 Å². The lowest BCUT2D eigenvalue weighted by Crippen LogP contribution is -2.11. The molecule has 2 N–H and O–H groups in total. The van der Waals surface area contributed by atoms with Crippen LogP contribution >= 0.6 is 11.6 Å². The molecule has 0 heterocycles. The van der Waals surface area contributed by atoms with Crippen LogP contribution in [0.3, 0.4) is 0 Å². The number of hydrogen-bond acceptors (Lipinski definition) is 1. The largest absolute Gasteiger partial charge is 0.324 e. The first-order valence-electron chi connectivity index (χ1n) is 5.05. The molecule has 15 heavy (non-hydrogen) atoms. The number of rotatable bonds is 2. The third-order valence-corrected chi connectivity index (χ3v) is 3.12. The first kappa shape index (κ1) is 10.7. The molecule has 1 nitrogen and oxygen atoms in total. The van der Waals surface area contributed by atoms with Crippen molar-refractivity contribution in [1.29, 1.82) is 0 Å². The molecule has 0 aliphatic heterocycles. The van der Waals surface area contributed by atoms with E-state index in [0.717, 1.165) is 18.4 Å². The molecule has 3 heteroatoms. The topological polar surface area (TPSA) is 26.0 Å². The lowest BCUT2D eigenvalue weighted by Gasteiger charge is -2.05. The number of benzene rings is 1. The summed E-state index contributed by atoms with van der Waals surface area (Å²) in [5, 5.41) is 0.235. The maximum absolute atomic E-state index is 13.2.